The van der Waals surface area contributed by atoms with Gasteiger partial charge in [0.05, 0.1) is 23.8 Å². The van der Waals surface area contributed by atoms with Gasteiger partial charge in [-0.2, -0.15) is 0 Å². The number of hydrogen-bond donors (Lipinski definition) is 4. The monoisotopic (exact) mass is 520 g/mol. The van der Waals surface area contributed by atoms with Crippen LogP contribution in [0.1, 0.15) is 12.0 Å². The Morgan fingerprint density at radius 2 is 1.97 bits per heavy atom. The van der Waals surface area contributed by atoms with Crippen LogP contribution in [0.4, 0.5) is 19.9 Å². The molecular weight excluding hydrogens is 495 g/mol. The standard InChI is InChI=1S/C24H26ClFN4O6/c1-30(23(33)27-12-16-8-5-9-19(26)22(16)25)17(10-18(32)13-31)14-35-24(34)28-21-11-20(29-36-21)15-6-3-2-4-7-15/h2-9,11,17-18,31-32H,10,12-14H2,1H3,(H,27,33)(H,28,34)/t17-,18-/m1/s1. The van der Waals surface area contributed by atoms with Crippen LogP contribution in [0.2, 0.25) is 5.02 Å². The summed E-state index contributed by atoms with van der Waals surface area (Å²) >= 11 is 5.92. The number of benzene rings is 2. The van der Waals surface area contributed by atoms with Crippen molar-refractivity contribution in [1.29, 1.82) is 0 Å². The van der Waals surface area contributed by atoms with E-state index >= 15 is 0 Å². The highest BCUT2D eigenvalue weighted by atomic mass is 35.5. The Kier molecular flexibility index (Phi) is 9.62. The third kappa shape index (κ3) is 7.41. The number of likely N-dealkylation sites (N-methyl/N-ethyl adjacent to an activating group) is 1. The molecule has 0 spiro atoms. The van der Waals surface area contributed by atoms with Crippen molar-refractivity contribution < 1.29 is 33.5 Å². The number of nitrogens with zero attached hydrogens (tertiary/aromatic N) is 2. The summed E-state index contributed by atoms with van der Waals surface area (Å²) in [5.74, 6) is -0.549. The van der Waals surface area contributed by atoms with Crippen molar-refractivity contribution in [2.24, 2.45) is 0 Å². The van der Waals surface area contributed by atoms with Crippen LogP contribution in [0.3, 0.4) is 0 Å². The normalized spacial score (nSPS) is 12.5. The highest BCUT2D eigenvalue weighted by Crippen LogP contribution is 2.22. The van der Waals surface area contributed by atoms with E-state index in [0.717, 1.165) is 5.56 Å². The predicted molar refractivity (Wildman–Crippen MR) is 130 cm³/mol. The van der Waals surface area contributed by atoms with Gasteiger partial charge in [0.2, 0.25) is 5.88 Å². The van der Waals surface area contributed by atoms with Crippen LogP contribution < -0.4 is 10.6 Å². The van der Waals surface area contributed by atoms with Gasteiger partial charge in [-0.25, -0.2) is 14.0 Å². The molecule has 36 heavy (non-hydrogen) atoms. The molecule has 1 heterocycles. The number of amides is 3. The first-order chi connectivity index (χ1) is 17.3. The zero-order valence-electron chi connectivity index (χ0n) is 19.4. The Bertz CT molecular complexity index is 1160. The lowest BCUT2D eigenvalue weighted by Gasteiger charge is -2.29. The molecule has 0 saturated carbocycles. The summed E-state index contributed by atoms with van der Waals surface area (Å²) in [4.78, 5) is 26.1. The van der Waals surface area contributed by atoms with Gasteiger partial charge in [0.15, 0.2) is 0 Å². The number of aliphatic hydroxyl groups is 2. The fraction of sp³-hybridized carbons (Fsp3) is 0.292. The van der Waals surface area contributed by atoms with E-state index in [-0.39, 0.29) is 30.5 Å². The van der Waals surface area contributed by atoms with Crippen molar-refractivity contribution in [3.63, 3.8) is 0 Å². The Balaban J connectivity index is 1.57. The van der Waals surface area contributed by atoms with Crippen LogP contribution >= 0.6 is 11.6 Å². The number of hydrogen-bond acceptors (Lipinski definition) is 7. The molecule has 2 atom stereocenters. The van der Waals surface area contributed by atoms with E-state index < -0.39 is 36.7 Å². The first-order valence-corrected chi connectivity index (χ1v) is 11.3. The van der Waals surface area contributed by atoms with E-state index in [4.69, 9.17) is 20.9 Å². The molecule has 2 aromatic carbocycles. The van der Waals surface area contributed by atoms with E-state index in [1.807, 2.05) is 30.3 Å². The van der Waals surface area contributed by atoms with Gasteiger partial charge < -0.3 is 29.7 Å². The average molecular weight is 521 g/mol. The molecule has 4 N–H and O–H groups in total. The number of anilines is 1. The largest absolute Gasteiger partial charge is 0.447 e. The second kappa shape index (κ2) is 12.9. The van der Waals surface area contributed by atoms with Gasteiger partial charge in [-0.15, -0.1) is 0 Å². The zero-order valence-corrected chi connectivity index (χ0v) is 20.1. The van der Waals surface area contributed by atoms with E-state index in [1.54, 1.807) is 6.07 Å². The molecule has 0 bridgehead atoms. The van der Waals surface area contributed by atoms with Gasteiger partial charge in [0.1, 0.15) is 18.1 Å². The van der Waals surface area contributed by atoms with Crippen molar-refractivity contribution in [3.8, 4) is 11.3 Å². The second-order valence-corrected chi connectivity index (χ2v) is 8.25. The first kappa shape index (κ1) is 26.9. The van der Waals surface area contributed by atoms with Crippen LogP contribution in [-0.2, 0) is 11.3 Å². The number of halogens is 2. The summed E-state index contributed by atoms with van der Waals surface area (Å²) < 4.78 is 23.9. The Morgan fingerprint density at radius 1 is 1.22 bits per heavy atom. The lowest BCUT2D eigenvalue weighted by molar-refractivity contribution is 0.0479. The number of rotatable bonds is 10. The average Bonchev–Trinajstić information content (AvgIpc) is 3.35. The maximum atomic E-state index is 13.6. The summed E-state index contributed by atoms with van der Waals surface area (Å²) in [6, 6.07) is 13.6. The molecule has 1 aromatic heterocycles. The van der Waals surface area contributed by atoms with Crippen molar-refractivity contribution in [3.05, 3.63) is 71.0 Å². The van der Waals surface area contributed by atoms with Crippen molar-refractivity contribution >= 4 is 29.6 Å². The maximum Gasteiger partial charge on any atom is 0.414 e. The molecule has 3 aromatic rings. The molecule has 10 nitrogen and oxygen atoms in total. The first-order valence-electron chi connectivity index (χ1n) is 11.0. The topological polar surface area (TPSA) is 137 Å². The Labute approximate surface area is 211 Å². The molecule has 0 aliphatic heterocycles. The Morgan fingerprint density at radius 3 is 2.69 bits per heavy atom. The van der Waals surface area contributed by atoms with Crippen molar-refractivity contribution in [1.82, 2.24) is 15.4 Å². The molecule has 0 aliphatic carbocycles. The van der Waals surface area contributed by atoms with Crippen LogP contribution in [0.5, 0.6) is 0 Å². The molecule has 0 aliphatic rings. The van der Waals surface area contributed by atoms with E-state index in [1.165, 1.54) is 30.1 Å². The Hall–Kier alpha value is -3.67. The summed E-state index contributed by atoms with van der Waals surface area (Å²) in [5, 5.41) is 27.9. The number of carbonyl (C=O) groups is 2. The zero-order chi connectivity index (χ0) is 26.1. The molecule has 3 rings (SSSR count). The fourth-order valence-corrected chi connectivity index (χ4v) is 3.45. The molecule has 0 fully saturated rings. The molecule has 12 heteroatoms. The summed E-state index contributed by atoms with van der Waals surface area (Å²) in [6.45, 7) is -0.893. The number of ether oxygens (including phenoxy) is 1. The van der Waals surface area contributed by atoms with Gasteiger partial charge in [-0.1, -0.05) is 59.2 Å². The quantitative estimate of drug-likeness (QED) is 0.320. The van der Waals surface area contributed by atoms with Crippen LogP contribution in [0, 0.1) is 5.82 Å². The van der Waals surface area contributed by atoms with Crippen LogP contribution in [0.25, 0.3) is 11.3 Å². The second-order valence-electron chi connectivity index (χ2n) is 7.87. The van der Waals surface area contributed by atoms with Gasteiger partial charge >= 0.3 is 12.1 Å². The maximum absolute atomic E-state index is 13.6. The third-order valence-electron chi connectivity index (χ3n) is 5.30. The third-order valence-corrected chi connectivity index (χ3v) is 5.72. The van der Waals surface area contributed by atoms with Gasteiger partial charge in [-0.3, -0.25) is 5.32 Å². The molecule has 192 valence electrons. The molecule has 0 unspecified atom stereocenters. The highest BCUT2D eigenvalue weighted by Gasteiger charge is 2.25. The van der Waals surface area contributed by atoms with Gasteiger partial charge in [-0.05, 0) is 18.1 Å². The number of aromatic nitrogens is 1. The highest BCUT2D eigenvalue weighted by molar-refractivity contribution is 6.31. The van der Waals surface area contributed by atoms with Crippen LogP contribution in [0.15, 0.2) is 59.1 Å². The molecule has 3 amide bonds. The smallest absolute Gasteiger partial charge is 0.414 e. The molecular formula is C24H26ClFN4O6. The lowest BCUT2D eigenvalue weighted by atomic mass is 10.1. The minimum absolute atomic E-state index is 0.0500. The van der Waals surface area contributed by atoms with E-state index in [0.29, 0.717) is 11.3 Å². The summed E-state index contributed by atoms with van der Waals surface area (Å²) in [6.07, 6.45) is -2.10. The van der Waals surface area contributed by atoms with Crippen molar-refractivity contribution in [2.75, 3.05) is 25.6 Å². The molecule has 0 radical (unpaired) electrons. The number of nitrogens with one attached hydrogen (secondary N) is 2. The fourth-order valence-electron chi connectivity index (χ4n) is 3.26. The SMILES string of the molecule is CN(C(=O)NCc1cccc(F)c1Cl)[C@@H](COC(=O)Nc1cc(-c2ccccc2)no1)C[C@@H](O)CO. The lowest BCUT2D eigenvalue weighted by Crippen LogP contribution is -2.47. The molecule has 0 saturated heterocycles. The predicted octanol–water partition coefficient (Wildman–Crippen LogP) is 3.64. The summed E-state index contributed by atoms with van der Waals surface area (Å²) in [7, 11) is 1.43. The summed E-state index contributed by atoms with van der Waals surface area (Å²) in [5.41, 5.74) is 1.69. The van der Waals surface area contributed by atoms with E-state index in [2.05, 4.69) is 15.8 Å². The van der Waals surface area contributed by atoms with Gasteiger partial charge in [0, 0.05) is 25.2 Å². The number of urea groups is 1. The minimum Gasteiger partial charge on any atom is -0.447 e. The van der Waals surface area contributed by atoms with E-state index in [9.17, 15) is 24.2 Å². The van der Waals surface area contributed by atoms with Crippen LogP contribution in [-0.4, -0.2) is 64.8 Å². The van der Waals surface area contributed by atoms with Crippen molar-refractivity contribution in [2.45, 2.75) is 25.1 Å². The number of carbonyl (C=O) groups excluding carboxylic acids is 2. The van der Waals surface area contributed by atoms with Gasteiger partial charge in [0.25, 0.3) is 0 Å². The minimum atomic E-state index is -1.16. The number of aliphatic hydroxyl groups excluding tert-OH is 2.